The molecule has 1 aliphatic rings. The van der Waals surface area contributed by atoms with Gasteiger partial charge in [0, 0.05) is 10.0 Å². The molecule has 0 bridgehead atoms. The van der Waals surface area contributed by atoms with E-state index in [1.807, 2.05) is 42.5 Å². The molecular formula is C21H14BrCl2NO2. The van der Waals surface area contributed by atoms with Crippen molar-refractivity contribution in [3.8, 4) is 5.75 Å². The Kier molecular flexibility index (Phi) is 5.13. The summed E-state index contributed by atoms with van der Waals surface area (Å²) < 4.78 is 6.86. The van der Waals surface area contributed by atoms with Gasteiger partial charge in [-0.3, -0.25) is 4.79 Å². The van der Waals surface area contributed by atoms with Gasteiger partial charge in [-0.1, -0.05) is 75.5 Å². The number of anilines is 1. The largest absolute Gasteiger partial charge is 0.489 e. The molecule has 0 fully saturated rings. The molecule has 0 aliphatic carbocycles. The van der Waals surface area contributed by atoms with Crippen LogP contribution in [0.1, 0.15) is 22.6 Å². The first-order valence-corrected chi connectivity index (χ1v) is 9.84. The van der Waals surface area contributed by atoms with Crippen molar-refractivity contribution in [2.24, 2.45) is 0 Å². The number of benzene rings is 3. The van der Waals surface area contributed by atoms with E-state index in [1.54, 1.807) is 18.2 Å². The van der Waals surface area contributed by atoms with Gasteiger partial charge < -0.3 is 10.1 Å². The average Bonchev–Trinajstić information content (AvgIpc) is 2.81. The third-order valence-electron chi connectivity index (χ3n) is 4.51. The van der Waals surface area contributed by atoms with E-state index in [4.69, 9.17) is 27.9 Å². The Bertz CT molecular complexity index is 1020. The molecule has 0 saturated heterocycles. The van der Waals surface area contributed by atoms with Crippen LogP contribution in [0.15, 0.2) is 65.1 Å². The molecule has 1 heterocycles. The summed E-state index contributed by atoms with van der Waals surface area (Å²) in [5, 5.41) is 3.69. The second-order valence-electron chi connectivity index (χ2n) is 6.19. The van der Waals surface area contributed by atoms with Crippen molar-refractivity contribution in [2.75, 3.05) is 5.32 Å². The lowest BCUT2D eigenvalue weighted by molar-refractivity contribution is -0.116. The standard InChI is InChI=1S/C21H14BrCl2NO2/c22-13-8-9-15-18(10-13)27-11-12-4-1-2-5-14(12)19(15)21(26)25-20-16(23)6-3-7-17(20)24/h1-10,19H,11H2,(H,25,26). The van der Waals surface area contributed by atoms with Crippen LogP contribution < -0.4 is 10.1 Å². The summed E-state index contributed by atoms with van der Waals surface area (Å²) in [7, 11) is 0. The molecule has 0 aromatic heterocycles. The maximum Gasteiger partial charge on any atom is 0.236 e. The van der Waals surface area contributed by atoms with Gasteiger partial charge in [-0.05, 0) is 35.4 Å². The molecule has 0 spiro atoms. The van der Waals surface area contributed by atoms with Crippen molar-refractivity contribution >= 4 is 50.7 Å². The minimum absolute atomic E-state index is 0.216. The molecule has 4 rings (SSSR count). The minimum atomic E-state index is -0.542. The number of carbonyl (C=O) groups excluding carboxylic acids is 1. The molecule has 0 radical (unpaired) electrons. The fraction of sp³-hybridized carbons (Fsp3) is 0.0952. The van der Waals surface area contributed by atoms with Crippen LogP contribution in [0, 0.1) is 0 Å². The van der Waals surface area contributed by atoms with Gasteiger partial charge in [0.15, 0.2) is 0 Å². The molecule has 136 valence electrons. The van der Waals surface area contributed by atoms with E-state index in [0.717, 1.165) is 21.2 Å². The monoisotopic (exact) mass is 461 g/mol. The van der Waals surface area contributed by atoms with Crippen molar-refractivity contribution in [2.45, 2.75) is 12.5 Å². The van der Waals surface area contributed by atoms with E-state index >= 15 is 0 Å². The minimum Gasteiger partial charge on any atom is -0.489 e. The van der Waals surface area contributed by atoms with Crippen LogP contribution in [0.2, 0.25) is 10.0 Å². The summed E-state index contributed by atoms with van der Waals surface area (Å²) in [5.41, 5.74) is 3.07. The Hall–Kier alpha value is -2.01. The summed E-state index contributed by atoms with van der Waals surface area (Å²) in [4.78, 5) is 13.3. The summed E-state index contributed by atoms with van der Waals surface area (Å²) >= 11 is 15.9. The van der Waals surface area contributed by atoms with Crippen LogP contribution in [0.5, 0.6) is 5.75 Å². The van der Waals surface area contributed by atoms with Crippen LogP contribution in [-0.4, -0.2) is 5.91 Å². The molecule has 1 amide bonds. The lowest BCUT2D eigenvalue weighted by atomic mass is 9.87. The second-order valence-corrected chi connectivity index (χ2v) is 7.92. The zero-order valence-corrected chi connectivity index (χ0v) is 17.1. The normalized spacial score (nSPS) is 15.1. The fourth-order valence-electron chi connectivity index (χ4n) is 3.24. The number of nitrogens with one attached hydrogen (secondary N) is 1. The van der Waals surface area contributed by atoms with E-state index < -0.39 is 5.92 Å². The Morgan fingerprint density at radius 3 is 2.52 bits per heavy atom. The van der Waals surface area contributed by atoms with Crippen molar-refractivity contribution in [3.05, 3.63) is 91.9 Å². The number of hydrogen-bond donors (Lipinski definition) is 1. The molecule has 3 aromatic carbocycles. The van der Waals surface area contributed by atoms with Gasteiger partial charge in [0.05, 0.1) is 21.7 Å². The third kappa shape index (κ3) is 3.57. The van der Waals surface area contributed by atoms with Gasteiger partial charge in [-0.25, -0.2) is 0 Å². The highest BCUT2D eigenvalue weighted by Gasteiger charge is 2.31. The smallest absolute Gasteiger partial charge is 0.236 e. The molecule has 6 heteroatoms. The van der Waals surface area contributed by atoms with E-state index in [2.05, 4.69) is 21.2 Å². The quantitative estimate of drug-likeness (QED) is 0.477. The lowest BCUT2D eigenvalue weighted by Crippen LogP contribution is -2.23. The summed E-state index contributed by atoms with van der Waals surface area (Å²) in [5.74, 6) is -0.0864. The zero-order chi connectivity index (χ0) is 19.0. The molecule has 3 nitrogen and oxygen atoms in total. The first kappa shape index (κ1) is 18.4. The molecule has 0 saturated carbocycles. The van der Waals surface area contributed by atoms with Crippen LogP contribution in [0.25, 0.3) is 0 Å². The number of ether oxygens (including phenoxy) is 1. The van der Waals surface area contributed by atoms with Crippen molar-refractivity contribution in [3.63, 3.8) is 0 Å². The highest BCUT2D eigenvalue weighted by Crippen LogP contribution is 2.40. The Labute approximate surface area is 175 Å². The molecule has 3 aromatic rings. The van der Waals surface area contributed by atoms with E-state index in [9.17, 15) is 4.79 Å². The van der Waals surface area contributed by atoms with Gasteiger partial charge in [0.1, 0.15) is 12.4 Å². The highest BCUT2D eigenvalue weighted by molar-refractivity contribution is 9.10. The Morgan fingerprint density at radius 2 is 1.74 bits per heavy atom. The highest BCUT2D eigenvalue weighted by atomic mass is 79.9. The molecule has 1 aliphatic heterocycles. The van der Waals surface area contributed by atoms with Crippen LogP contribution in [0.4, 0.5) is 5.69 Å². The Balaban J connectivity index is 1.82. The summed E-state index contributed by atoms with van der Waals surface area (Å²) in [6.07, 6.45) is 0. The number of para-hydroxylation sites is 1. The first-order chi connectivity index (χ1) is 13.0. The lowest BCUT2D eigenvalue weighted by Gasteiger charge is -2.20. The number of amides is 1. The average molecular weight is 463 g/mol. The molecule has 1 N–H and O–H groups in total. The van der Waals surface area contributed by atoms with Gasteiger partial charge in [-0.2, -0.15) is 0 Å². The zero-order valence-electron chi connectivity index (χ0n) is 14.0. The maximum atomic E-state index is 13.3. The van der Waals surface area contributed by atoms with Gasteiger partial charge in [0.2, 0.25) is 5.91 Å². The van der Waals surface area contributed by atoms with E-state index in [-0.39, 0.29) is 5.91 Å². The van der Waals surface area contributed by atoms with Gasteiger partial charge >= 0.3 is 0 Å². The number of hydrogen-bond acceptors (Lipinski definition) is 2. The van der Waals surface area contributed by atoms with Crippen LogP contribution in [-0.2, 0) is 11.4 Å². The van der Waals surface area contributed by atoms with E-state index in [0.29, 0.717) is 28.1 Å². The van der Waals surface area contributed by atoms with Crippen LogP contribution >= 0.6 is 39.1 Å². The molecule has 27 heavy (non-hydrogen) atoms. The SMILES string of the molecule is O=C(Nc1c(Cl)cccc1Cl)C1c2ccccc2COc2cc(Br)ccc21. The fourth-order valence-corrected chi connectivity index (χ4v) is 4.07. The summed E-state index contributed by atoms with van der Waals surface area (Å²) in [6.45, 7) is 0.399. The predicted molar refractivity (Wildman–Crippen MR) is 112 cm³/mol. The topological polar surface area (TPSA) is 38.3 Å². The maximum absolute atomic E-state index is 13.3. The molecular weight excluding hydrogens is 449 g/mol. The van der Waals surface area contributed by atoms with Crippen molar-refractivity contribution in [1.29, 1.82) is 0 Å². The number of fused-ring (bicyclic) bond motifs is 2. The van der Waals surface area contributed by atoms with Crippen molar-refractivity contribution < 1.29 is 9.53 Å². The number of carbonyl (C=O) groups is 1. The van der Waals surface area contributed by atoms with E-state index in [1.165, 1.54) is 0 Å². The van der Waals surface area contributed by atoms with Crippen molar-refractivity contribution in [1.82, 2.24) is 0 Å². The molecule has 1 atom stereocenters. The van der Waals surface area contributed by atoms with Gasteiger partial charge in [-0.15, -0.1) is 0 Å². The third-order valence-corrected chi connectivity index (χ3v) is 5.63. The molecule has 1 unspecified atom stereocenters. The summed E-state index contributed by atoms with van der Waals surface area (Å²) in [6, 6.07) is 18.6. The number of rotatable bonds is 2. The number of halogens is 3. The van der Waals surface area contributed by atoms with Crippen LogP contribution in [0.3, 0.4) is 0 Å². The van der Waals surface area contributed by atoms with Gasteiger partial charge in [0.25, 0.3) is 0 Å². The first-order valence-electron chi connectivity index (χ1n) is 8.29. The Morgan fingerprint density at radius 1 is 1.00 bits per heavy atom. The predicted octanol–water partition coefficient (Wildman–Crippen LogP) is 6.42. The second kappa shape index (κ2) is 7.55.